The van der Waals surface area contributed by atoms with Crippen molar-refractivity contribution in [2.24, 2.45) is 0 Å². The Hall–Kier alpha value is -1.49. The lowest BCUT2D eigenvalue weighted by Gasteiger charge is -2.14. The van der Waals surface area contributed by atoms with Crippen molar-refractivity contribution < 1.29 is 23.5 Å². The lowest BCUT2D eigenvalue weighted by Crippen LogP contribution is -2.26. The maximum Gasteiger partial charge on any atom is 0.277 e. The summed E-state index contributed by atoms with van der Waals surface area (Å²) in [6.45, 7) is 0.131. The first kappa shape index (κ1) is 20.2. The third-order valence-corrected chi connectivity index (χ3v) is 5.13. The highest BCUT2D eigenvalue weighted by atomic mass is 127. The van der Waals surface area contributed by atoms with Gasteiger partial charge in [-0.2, -0.15) is 0 Å². The third-order valence-electron chi connectivity index (χ3n) is 4.17. The number of benzene rings is 2. The number of hydrogen-bond donors (Lipinski definition) is 3. The van der Waals surface area contributed by atoms with E-state index in [1.807, 2.05) is 22.6 Å². The second-order valence-corrected chi connectivity index (χ2v) is 7.97. The number of anilines is 2. The Kier molecular flexibility index (Phi) is 6.19. The van der Waals surface area contributed by atoms with E-state index in [1.54, 1.807) is 6.07 Å². The lowest BCUT2D eigenvalue weighted by molar-refractivity contribution is 0.0120. The molecule has 9 heteroatoms. The van der Waals surface area contributed by atoms with Crippen LogP contribution in [0.1, 0.15) is 29.6 Å². The van der Waals surface area contributed by atoms with Gasteiger partial charge in [-0.05, 0) is 65.8 Å². The third kappa shape index (κ3) is 5.28. The molecule has 0 atom stereocenters. The minimum absolute atomic E-state index is 0.00974. The van der Waals surface area contributed by atoms with Crippen LogP contribution in [0, 0.1) is 15.2 Å². The quantitative estimate of drug-likeness (QED) is 0.292. The number of aliphatic hydroxyl groups is 1. The number of halogens is 4. The molecule has 0 spiro atoms. The van der Waals surface area contributed by atoms with Gasteiger partial charge >= 0.3 is 0 Å². The molecule has 2 aromatic carbocycles. The zero-order chi connectivity index (χ0) is 19.6. The van der Waals surface area contributed by atoms with Crippen LogP contribution in [0.5, 0.6) is 0 Å². The van der Waals surface area contributed by atoms with Gasteiger partial charge in [0.05, 0.1) is 34.2 Å². The van der Waals surface area contributed by atoms with Gasteiger partial charge in [0, 0.05) is 9.99 Å². The summed E-state index contributed by atoms with van der Waals surface area (Å²) in [5.41, 5.74) is 1.65. The Labute approximate surface area is 173 Å². The number of carbonyl (C=O) groups is 1. The van der Waals surface area contributed by atoms with Crippen molar-refractivity contribution in [2.75, 3.05) is 11.9 Å². The van der Waals surface area contributed by atoms with E-state index in [-0.39, 0.29) is 28.6 Å². The Balaban J connectivity index is 1.74. The molecule has 0 saturated heterocycles. The number of rotatable bonds is 7. The van der Waals surface area contributed by atoms with Crippen LogP contribution in [-0.4, -0.2) is 23.2 Å². The molecule has 1 fully saturated rings. The van der Waals surface area contributed by atoms with Crippen molar-refractivity contribution in [3.63, 3.8) is 0 Å². The fourth-order valence-corrected chi connectivity index (χ4v) is 3.00. The van der Waals surface area contributed by atoms with E-state index in [9.17, 15) is 18.7 Å². The van der Waals surface area contributed by atoms with Gasteiger partial charge in [-0.1, -0.05) is 11.6 Å². The van der Waals surface area contributed by atoms with E-state index in [4.69, 9.17) is 16.4 Å². The Morgan fingerprint density at radius 3 is 2.63 bits per heavy atom. The number of carbonyl (C=O) groups excluding carboxylic acids is 1. The predicted molar refractivity (Wildman–Crippen MR) is 106 cm³/mol. The summed E-state index contributed by atoms with van der Waals surface area (Å²) < 4.78 is 28.7. The van der Waals surface area contributed by atoms with E-state index in [1.165, 1.54) is 12.1 Å². The van der Waals surface area contributed by atoms with Crippen molar-refractivity contribution in [3.8, 4) is 0 Å². The van der Waals surface area contributed by atoms with Crippen LogP contribution in [0.15, 0.2) is 30.3 Å². The largest absolute Gasteiger partial charge is 0.390 e. The monoisotopic (exact) mass is 508 g/mol. The van der Waals surface area contributed by atoms with E-state index in [0.717, 1.165) is 12.1 Å². The molecule has 0 aliphatic heterocycles. The first-order valence-electron chi connectivity index (χ1n) is 8.13. The summed E-state index contributed by atoms with van der Waals surface area (Å²) in [6, 6.07) is 6.61. The van der Waals surface area contributed by atoms with E-state index >= 15 is 0 Å². The maximum atomic E-state index is 14.1. The predicted octanol–water partition coefficient (Wildman–Crippen LogP) is 4.54. The van der Waals surface area contributed by atoms with Gasteiger partial charge in [0.1, 0.15) is 11.6 Å². The lowest BCUT2D eigenvalue weighted by atomic mass is 10.1. The fourth-order valence-electron chi connectivity index (χ4n) is 2.38. The van der Waals surface area contributed by atoms with Gasteiger partial charge in [-0.25, -0.2) is 14.3 Å². The molecule has 27 heavy (non-hydrogen) atoms. The molecule has 0 heterocycles. The molecule has 1 saturated carbocycles. The molecule has 0 unspecified atom stereocenters. The number of hydroxylamine groups is 1. The highest BCUT2D eigenvalue weighted by Gasteiger charge is 2.39. The summed E-state index contributed by atoms with van der Waals surface area (Å²) in [7, 11) is 0. The van der Waals surface area contributed by atoms with Crippen LogP contribution in [0.4, 0.5) is 20.2 Å². The molecular weight excluding hydrogens is 493 g/mol. The van der Waals surface area contributed by atoms with Crippen LogP contribution in [0.25, 0.3) is 0 Å². The molecule has 3 N–H and O–H groups in total. The summed E-state index contributed by atoms with van der Waals surface area (Å²) >= 11 is 7.75. The van der Waals surface area contributed by atoms with Crippen molar-refractivity contribution in [1.82, 2.24) is 5.48 Å². The highest BCUT2D eigenvalue weighted by Crippen LogP contribution is 2.38. The van der Waals surface area contributed by atoms with Crippen molar-refractivity contribution >= 4 is 51.5 Å². The van der Waals surface area contributed by atoms with Gasteiger partial charge in [-0.3, -0.25) is 9.63 Å². The van der Waals surface area contributed by atoms with Crippen molar-refractivity contribution in [1.29, 1.82) is 0 Å². The smallest absolute Gasteiger partial charge is 0.277 e. The summed E-state index contributed by atoms with van der Waals surface area (Å²) in [4.78, 5) is 17.5. The van der Waals surface area contributed by atoms with Gasteiger partial charge in [0.15, 0.2) is 0 Å². The minimum atomic E-state index is -0.751. The van der Waals surface area contributed by atoms with Crippen LogP contribution in [0.2, 0.25) is 5.02 Å². The molecule has 5 nitrogen and oxygen atoms in total. The molecule has 0 aromatic heterocycles. The van der Waals surface area contributed by atoms with Crippen molar-refractivity contribution in [2.45, 2.75) is 24.9 Å². The molecule has 0 radical (unpaired) electrons. The topological polar surface area (TPSA) is 70.6 Å². The molecule has 1 aliphatic rings. The molecular formula is C18H16ClF2IN2O3. The second kappa shape index (κ2) is 8.26. The standard InChI is InChI=1S/C18H16ClF2IN2O3/c19-12-8-11(17(25)24-27-6-5-18(26)3-4-18)16(9-13(12)20)23-15-2-1-10(22)7-14(15)21/h1-2,7-9,23,26H,3-6H2,(H,24,25). The second-order valence-electron chi connectivity index (χ2n) is 6.32. The molecule has 1 aliphatic carbocycles. The van der Waals surface area contributed by atoms with Gasteiger partial charge in [0.25, 0.3) is 5.91 Å². The maximum absolute atomic E-state index is 14.1. The Bertz CT molecular complexity index is 878. The fraction of sp³-hybridized carbons (Fsp3) is 0.278. The Morgan fingerprint density at radius 1 is 1.22 bits per heavy atom. The minimum Gasteiger partial charge on any atom is -0.390 e. The average molecular weight is 509 g/mol. The number of amides is 1. The molecule has 1 amide bonds. The van der Waals surface area contributed by atoms with E-state index in [0.29, 0.717) is 22.8 Å². The number of nitrogens with one attached hydrogen (secondary N) is 2. The first-order valence-corrected chi connectivity index (χ1v) is 9.59. The van der Waals surface area contributed by atoms with Gasteiger partial charge in [-0.15, -0.1) is 0 Å². The molecule has 3 rings (SSSR count). The average Bonchev–Trinajstić information content (AvgIpc) is 3.34. The van der Waals surface area contributed by atoms with Gasteiger partial charge in [0.2, 0.25) is 0 Å². The van der Waals surface area contributed by atoms with Gasteiger partial charge < -0.3 is 10.4 Å². The highest BCUT2D eigenvalue weighted by molar-refractivity contribution is 14.1. The first-order chi connectivity index (χ1) is 12.8. The van der Waals surface area contributed by atoms with Crippen LogP contribution < -0.4 is 10.8 Å². The SMILES string of the molecule is O=C(NOCCC1(O)CC1)c1cc(Cl)c(F)cc1Nc1ccc(I)cc1F. The number of hydrogen-bond acceptors (Lipinski definition) is 4. The zero-order valence-electron chi connectivity index (χ0n) is 14.0. The molecule has 0 bridgehead atoms. The molecule has 2 aromatic rings. The summed E-state index contributed by atoms with van der Waals surface area (Å²) in [5, 5.41) is 12.2. The van der Waals surface area contributed by atoms with Crippen molar-refractivity contribution in [3.05, 3.63) is 56.1 Å². The van der Waals surface area contributed by atoms with E-state index < -0.39 is 23.1 Å². The van der Waals surface area contributed by atoms with E-state index in [2.05, 4.69) is 10.8 Å². The Morgan fingerprint density at radius 2 is 1.96 bits per heavy atom. The normalized spacial score (nSPS) is 14.7. The molecule has 144 valence electrons. The summed E-state index contributed by atoms with van der Waals surface area (Å²) in [6.07, 6.45) is 1.83. The van der Waals surface area contributed by atoms with Crippen LogP contribution in [0.3, 0.4) is 0 Å². The van der Waals surface area contributed by atoms with Crippen LogP contribution in [-0.2, 0) is 4.84 Å². The van der Waals surface area contributed by atoms with Crippen LogP contribution >= 0.6 is 34.2 Å². The summed E-state index contributed by atoms with van der Waals surface area (Å²) in [5.74, 6) is -1.97. The zero-order valence-corrected chi connectivity index (χ0v) is 16.9.